The molecule has 0 fully saturated rings. The van der Waals surface area contributed by atoms with Crippen molar-refractivity contribution in [3.63, 3.8) is 0 Å². The molecule has 0 bridgehead atoms. The molecule has 10 rings (SSSR count). The van der Waals surface area contributed by atoms with Gasteiger partial charge in [0.15, 0.2) is 0 Å². The fraction of sp³-hybridized carbons (Fsp3) is 0. The first-order valence-electron chi connectivity index (χ1n) is 16.5. The quantitative estimate of drug-likeness (QED) is 0.190. The van der Waals surface area contributed by atoms with Gasteiger partial charge in [-0.3, -0.25) is 0 Å². The third kappa shape index (κ3) is 4.42. The molecule has 0 N–H and O–H groups in total. The maximum Gasteiger partial charge on any atom is 0.227 e. The van der Waals surface area contributed by atoms with Gasteiger partial charge < -0.3 is 13.9 Å². The van der Waals surface area contributed by atoms with Gasteiger partial charge in [-0.2, -0.15) is 0 Å². The Balaban J connectivity index is 1.19. The third-order valence-corrected chi connectivity index (χ3v) is 9.62. The largest absolute Gasteiger partial charge is 0.437 e. The summed E-state index contributed by atoms with van der Waals surface area (Å²) in [6.45, 7) is 0. The fourth-order valence-corrected chi connectivity index (χ4v) is 7.34. The summed E-state index contributed by atoms with van der Waals surface area (Å²) in [6.07, 6.45) is 1.93. The molecule has 4 nitrogen and oxygen atoms in total. The van der Waals surface area contributed by atoms with Gasteiger partial charge >= 0.3 is 0 Å². The Bertz CT molecular complexity index is 2820. The van der Waals surface area contributed by atoms with Crippen molar-refractivity contribution in [1.82, 2.24) is 9.55 Å². The average molecular weight is 628 g/mol. The minimum atomic E-state index is 0.635. The number of nitrogens with zero attached hydrogens (tertiary/aromatic N) is 3. The zero-order chi connectivity index (χ0) is 32.3. The Morgan fingerprint density at radius 2 is 1.10 bits per heavy atom. The smallest absolute Gasteiger partial charge is 0.227 e. The topological polar surface area (TPSA) is 34.2 Å². The van der Waals surface area contributed by atoms with Crippen molar-refractivity contribution in [1.29, 1.82) is 0 Å². The second-order valence-electron chi connectivity index (χ2n) is 12.4. The van der Waals surface area contributed by atoms with Crippen LogP contribution in [-0.2, 0) is 0 Å². The molecule has 10 aromatic rings. The van der Waals surface area contributed by atoms with Gasteiger partial charge in [0.1, 0.15) is 5.58 Å². The number of hydrogen-bond donors (Lipinski definition) is 0. The highest BCUT2D eigenvalue weighted by Crippen LogP contribution is 2.42. The molecule has 3 heterocycles. The molecule has 230 valence electrons. The van der Waals surface area contributed by atoms with Crippen LogP contribution in [0.25, 0.3) is 71.5 Å². The molecule has 0 radical (unpaired) electrons. The van der Waals surface area contributed by atoms with Crippen LogP contribution in [0, 0.1) is 0 Å². The summed E-state index contributed by atoms with van der Waals surface area (Å²) >= 11 is 0. The molecular formula is C45H29N3O. The summed E-state index contributed by atoms with van der Waals surface area (Å²) in [4.78, 5) is 7.21. The van der Waals surface area contributed by atoms with Crippen molar-refractivity contribution < 1.29 is 4.42 Å². The Morgan fingerprint density at radius 1 is 0.449 bits per heavy atom. The lowest BCUT2D eigenvalue weighted by molar-refractivity contribution is 0.657. The van der Waals surface area contributed by atoms with E-state index in [1.807, 2.05) is 6.20 Å². The van der Waals surface area contributed by atoms with Gasteiger partial charge in [0.25, 0.3) is 0 Å². The van der Waals surface area contributed by atoms with E-state index >= 15 is 0 Å². The van der Waals surface area contributed by atoms with E-state index in [2.05, 4.69) is 179 Å². The number of hydrogen-bond acceptors (Lipinski definition) is 3. The van der Waals surface area contributed by atoms with E-state index < -0.39 is 0 Å². The van der Waals surface area contributed by atoms with Gasteiger partial charge in [0, 0.05) is 38.6 Å². The van der Waals surface area contributed by atoms with Crippen LogP contribution in [0.1, 0.15) is 0 Å². The molecule has 0 aliphatic carbocycles. The lowest BCUT2D eigenvalue weighted by Gasteiger charge is -2.25. The van der Waals surface area contributed by atoms with Crippen molar-refractivity contribution in [3.05, 3.63) is 176 Å². The summed E-state index contributed by atoms with van der Waals surface area (Å²) in [5.41, 5.74) is 10.4. The minimum Gasteiger partial charge on any atom is -0.437 e. The maximum atomic E-state index is 6.39. The van der Waals surface area contributed by atoms with E-state index in [0.29, 0.717) is 5.71 Å². The molecule has 0 saturated carbocycles. The highest BCUT2D eigenvalue weighted by atomic mass is 16.3. The second-order valence-corrected chi connectivity index (χ2v) is 12.4. The highest BCUT2D eigenvalue weighted by Gasteiger charge is 2.20. The summed E-state index contributed by atoms with van der Waals surface area (Å²) in [5.74, 6) is 0. The number of benzene rings is 7. The van der Waals surface area contributed by atoms with Crippen molar-refractivity contribution in [3.8, 4) is 16.8 Å². The molecular weight excluding hydrogens is 599 g/mol. The van der Waals surface area contributed by atoms with Crippen LogP contribution in [0.4, 0.5) is 17.1 Å². The molecule has 0 aliphatic rings. The van der Waals surface area contributed by atoms with Crippen molar-refractivity contribution in [2.24, 2.45) is 0 Å². The second kappa shape index (κ2) is 11.0. The highest BCUT2D eigenvalue weighted by molar-refractivity contribution is 6.15. The SMILES string of the molecule is c1ccc(-c2ccc(N(c3cnc4oc5c6ccccc6ccc5c4c3)c3ccc4c(c3)c3ccccc3n4-c3ccccc3)cc2)cc1. The maximum absolute atomic E-state index is 6.39. The van der Waals surface area contributed by atoms with Crippen LogP contribution in [0.3, 0.4) is 0 Å². The van der Waals surface area contributed by atoms with Gasteiger partial charge in [-0.15, -0.1) is 0 Å². The van der Waals surface area contributed by atoms with Crippen LogP contribution >= 0.6 is 0 Å². The fourth-order valence-electron chi connectivity index (χ4n) is 7.34. The Morgan fingerprint density at radius 3 is 1.94 bits per heavy atom. The predicted molar refractivity (Wildman–Crippen MR) is 203 cm³/mol. The Labute approximate surface area is 282 Å². The Hall–Kier alpha value is -6.65. The normalized spacial score (nSPS) is 11.7. The van der Waals surface area contributed by atoms with Crippen LogP contribution in [0.2, 0.25) is 0 Å². The van der Waals surface area contributed by atoms with E-state index in [1.165, 1.54) is 27.4 Å². The molecule has 0 amide bonds. The summed E-state index contributed by atoms with van der Waals surface area (Å²) < 4.78 is 8.75. The average Bonchev–Trinajstić information content (AvgIpc) is 3.71. The van der Waals surface area contributed by atoms with Crippen LogP contribution in [0.5, 0.6) is 0 Å². The zero-order valence-corrected chi connectivity index (χ0v) is 26.5. The third-order valence-electron chi connectivity index (χ3n) is 9.62. The van der Waals surface area contributed by atoms with E-state index in [4.69, 9.17) is 9.40 Å². The molecule has 0 spiro atoms. The number of fused-ring (bicyclic) bond motifs is 8. The first-order valence-corrected chi connectivity index (χ1v) is 16.5. The summed E-state index contributed by atoms with van der Waals surface area (Å²) in [7, 11) is 0. The number of furan rings is 1. The summed E-state index contributed by atoms with van der Waals surface area (Å²) in [5, 5.41) is 6.70. The monoisotopic (exact) mass is 627 g/mol. The Kier molecular flexibility index (Phi) is 6.15. The van der Waals surface area contributed by atoms with Crippen LogP contribution in [-0.4, -0.2) is 9.55 Å². The summed E-state index contributed by atoms with van der Waals surface area (Å²) in [6, 6.07) is 60.2. The number of aromatic nitrogens is 2. The van der Waals surface area contributed by atoms with Gasteiger partial charge in [-0.05, 0) is 77.2 Å². The van der Waals surface area contributed by atoms with E-state index in [9.17, 15) is 0 Å². The molecule has 0 atom stereocenters. The molecule has 49 heavy (non-hydrogen) atoms. The predicted octanol–water partition coefficient (Wildman–Crippen LogP) is 12.4. The van der Waals surface area contributed by atoms with Gasteiger partial charge in [0.05, 0.1) is 28.3 Å². The van der Waals surface area contributed by atoms with Gasteiger partial charge in [-0.25, -0.2) is 4.98 Å². The van der Waals surface area contributed by atoms with Crippen molar-refractivity contribution in [2.75, 3.05) is 4.90 Å². The molecule has 7 aromatic carbocycles. The van der Waals surface area contributed by atoms with E-state index in [1.54, 1.807) is 0 Å². The number of pyridine rings is 1. The molecule has 3 aromatic heterocycles. The first-order chi connectivity index (χ1) is 24.3. The zero-order valence-electron chi connectivity index (χ0n) is 26.5. The molecule has 4 heteroatoms. The molecule has 0 aliphatic heterocycles. The number of rotatable bonds is 5. The molecule has 0 unspecified atom stereocenters. The number of anilines is 3. The van der Waals surface area contributed by atoms with Gasteiger partial charge in [-0.1, -0.05) is 109 Å². The van der Waals surface area contributed by atoms with E-state index in [-0.39, 0.29) is 0 Å². The lowest BCUT2D eigenvalue weighted by atomic mass is 10.0. The van der Waals surface area contributed by atoms with Crippen molar-refractivity contribution >= 4 is 71.7 Å². The van der Waals surface area contributed by atoms with E-state index in [0.717, 1.165) is 55.4 Å². The molecule has 0 saturated heterocycles. The standard InChI is InChI=1S/C45H29N3O/c1-3-11-30(12-4-1)31-19-22-34(23-20-31)47(36-28-41-39-25-21-32-13-7-8-16-37(32)44(39)49-45(41)46-29-36)35-24-26-43-40(27-35)38-17-9-10-18-42(38)48(43)33-14-5-2-6-15-33/h1-29H. The lowest BCUT2D eigenvalue weighted by Crippen LogP contribution is -2.10. The van der Waals surface area contributed by atoms with Crippen LogP contribution in [0.15, 0.2) is 180 Å². The van der Waals surface area contributed by atoms with Crippen LogP contribution < -0.4 is 4.90 Å². The number of para-hydroxylation sites is 2. The van der Waals surface area contributed by atoms with Crippen molar-refractivity contribution in [2.45, 2.75) is 0 Å². The van der Waals surface area contributed by atoms with Gasteiger partial charge in [0.2, 0.25) is 5.71 Å². The first kappa shape index (κ1) is 27.5. The minimum absolute atomic E-state index is 0.635.